The highest BCUT2D eigenvalue weighted by Gasteiger charge is 2.26. The van der Waals surface area contributed by atoms with Crippen LogP contribution in [0.3, 0.4) is 0 Å². The van der Waals surface area contributed by atoms with Crippen molar-refractivity contribution in [3.05, 3.63) is 12.1 Å². The Morgan fingerprint density at radius 1 is 1.19 bits per heavy atom. The molecular formula is C12H18N2O6S. The maximum Gasteiger partial charge on any atom is 0.323 e. The molecule has 1 aromatic carbocycles. The molecule has 9 heteroatoms. The van der Waals surface area contributed by atoms with Gasteiger partial charge in [-0.1, -0.05) is 0 Å². The van der Waals surface area contributed by atoms with E-state index in [1.54, 1.807) is 0 Å². The monoisotopic (exact) mass is 318 g/mol. The van der Waals surface area contributed by atoms with Gasteiger partial charge in [-0.05, 0) is 13.0 Å². The highest BCUT2D eigenvalue weighted by atomic mass is 32.2. The third-order valence-electron chi connectivity index (χ3n) is 2.69. The maximum absolute atomic E-state index is 12.3. The average Bonchev–Trinajstić information content (AvgIpc) is 2.45. The predicted octanol–water partition coefficient (Wildman–Crippen LogP) is 0.126. The molecule has 0 heterocycles. The van der Waals surface area contributed by atoms with Gasteiger partial charge in [0.05, 0.1) is 27.0 Å². The average molecular weight is 318 g/mol. The smallest absolute Gasteiger partial charge is 0.323 e. The molecular weight excluding hydrogens is 300 g/mol. The summed E-state index contributed by atoms with van der Waals surface area (Å²) in [5.41, 5.74) is 5.83. The van der Waals surface area contributed by atoms with Crippen molar-refractivity contribution in [2.45, 2.75) is 17.9 Å². The van der Waals surface area contributed by atoms with Gasteiger partial charge in [0, 0.05) is 6.07 Å². The molecule has 1 aromatic rings. The standard InChI is InChI=1S/C12H18N2O6S/c1-7(12(15)20-4)14-21(16,17)11-5-8(13)9(18-2)6-10(11)19-3/h5-7,14H,13H2,1-4H3. The van der Waals surface area contributed by atoms with E-state index < -0.39 is 22.0 Å². The molecule has 0 radical (unpaired) electrons. The van der Waals surface area contributed by atoms with Gasteiger partial charge in [0.15, 0.2) is 0 Å². The SMILES string of the molecule is COC(=O)C(C)NS(=O)(=O)c1cc(N)c(OC)cc1OC. The molecule has 0 aromatic heterocycles. The third-order valence-corrected chi connectivity index (χ3v) is 4.25. The summed E-state index contributed by atoms with van der Waals surface area (Å²) in [6.45, 7) is 1.36. The molecule has 0 saturated carbocycles. The Bertz CT molecular complexity index is 629. The molecule has 0 amide bonds. The predicted molar refractivity (Wildman–Crippen MR) is 75.8 cm³/mol. The minimum absolute atomic E-state index is 0.0469. The number of anilines is 1. The molecule has 1 atom stereocenters. The second-order valence-corrected chi connectivity index (χ2v) is 5.79. The number of nitrogens with one attached hydrogen (secondary N) is 1. The lowest BCUT2D eigenvalue weighted by molar-refractivity contribution is -0.142. The zero-order chi connectivity index (χ0) is 16.2. The first-order valence-corrected chi connectivity index (χ1v) is 7.36. The maximum atomic E-state index is 12.3. The lowest BCUT2D eigenvalue weighted by Crippen LogP contribution is -2.39. The summed E-state index contributed by atoms with van der Waals surface area (Å²) in [4.78, 5) is 11.1. The number of methoxy groups -OCH3 is 3. The highest BCUT2D eigenvalue weighted by molar-refractivity contribution is 7.89. The minimum Gasteiger partial charge on any atom is -0.495 e. The Hall–Kier alpha value is -2.00. The van der Waals surface area contributed by atoms with Crippen LogP contribution in [0.15, 0.2) is 17.0 Å². The zero-order valence-electron chi connectivity index (χ0n) is 12.2. The number of nitrogen functional groups attached to an aromatic ring is 1. The quantitative estimate of drug-likeness (QED) is 0.565. The van der Waals surface area contributed by atoms with Crippen molar-refractivity contribution in [2.24, 2.45) is 0 Å². The third kappa shape index (κ3) is 3.76. The first-order chi connectivity index (χ1) is 9.76. The molecule has 0 spiro atoms. The van der Waals surface area contributed by atoms with Crippen LogP contribution >= 0.6 is 0 Å². The summed E-state index contributed by atoms with van der Waals surface area (Å²) in [6.07, 6.45) is 0. The van der Waals surface area contributed by atoms with Crippen molar-refractivity contribution in [3.8, 4) is 11.5 Å². The second kappa shape index (κ2) is 6.64. The Morgan fingerprint density at radius 2 is 1.76 bits per heavy atom. The molecule has 0 aliphatic carbocycles. The first kappa shape index (κ1) is 17.1. The first-order valence-electron chi connectivity index (χ1n) is 5.88. The van der Waals surface area contributed by atoms with Crippen molar-refractivity contribution in [1.29, 1.82) is 0 Å². The Morgan fingerprint density at radius 3 is 2.24 bits per heavy atom. The number of ether oxygens (including phenoxy) is 3. The lowest BCUT2D eigenvalue weighted by Gasteiger charge is -2.16. The topological polar surface area (TPSA) is 117 Å². The van der Waals surface area contributed by atoms with Gasteiger partial charge in [0.1, 0.15) is 22.4 Å². The summed E-state index contributed by atoms with van der Waals surface area (Å²) in [6, 6.07) is 1.50. The number of hydrogen-bond acceptors (Lipinski definition) is 7. The van der Waals surface area contributed by atoms with E-state index in [4.69, 9.17) is 15.2 Å². The van der Waals surface area contributed by atoms with Crippen LogP contribution in [-0.2, 0) is 19.6 Å². The Balaban J connectivity index is 3.25. The zero-order valence-corrected chi connectivity index (χ0v) is 13.0. The van der Waals surface area contributed by atoms with Gasteiger partial charge in [-0.15, -0.1) is 0 Å². The molecule has 0 aliphatic heterocycles. The number of benzene rings is 1. The van der Waals surface area contributed by atoms with Crippen LogP contribution in [0.5, 0.6) is 11.5 Å². The van der Waals surface area contributed by atoms with E-state index >= 15 is 0 Å². The highest BCUT2D eigenvalue weighted by Crippen LogP contribution is 2.33. The van der Waals surface area contributed by atoms with Crippen LogP contribution in [0.25, 0.3) is 0 Å². The molecule has 118 valence electrons. The van der Waals surface area contributed by atoms with Crippen LogP contribution in [0, 0.1) is 0 Å². The molecule has 1 unspecified atom stereocenters. The molecule has 0 fully saturated rings. The molecule has 0 aliphatic rings. The van der Waals surface area contributed by atoms with E-state index in [1.807, 2.05) is 0 Å². The van der Waals surface area contributed by atoms with Crippen molar-refractivity contribution in [3.63, 3.8) is 0 Å². The molecule has 1 rings (SSSR count). The Kier molecular flexibility index (Phi) is 5.39. The summed E-state index contributed by atoms with van der Waals surface area (Å²) in [5, 5.41) is 0. The lowest BCUT2D eigenvalue weighted by atomic mass is 10.3. The normalized spacial score (nSPS) is 12.6. The number of rotatable bonds is 6. The number of esters is 1. The number of sulfonamides is 1. The van der Waals surface area contributed by atoms with Gasteiger partial charge in [-0.3, -0.25) is 4.79 Å². The van der Waals surface area contributed by atoms with Crippen molar-refractivity contribution < 1.29 is 27.4 Å². The van der Waals surface area contributed by atoms with Crippen molar-refractivity contribution >= 4 is 21.7 Å². The number of nitrogens with two attached hydrogens (primary N) is 1. The van der Waals surface area contributed by atoms with Crippen molar-refractivity contribution in [1.82, 2.24) is 4.72 Å². The fourth-order valence-corrected chi connectivity index (χ4v) is 3.00. The van der Waals surface area contributed by atoms with E-state index in [1.165, 1.54) is 40.4 Å². The molecule has 21 heavy (non-hydrogen) atoms. The van der Waals surface area contributed by atoms with E-state index in [0.717, 1.165) is 0 Å². The van der Waals surface area contributed by atoms with Crippen LogP contribution in [0.2, 0.25) is 0 Å². The van der Waals surface area contributed by atoms with E-state index in [-0.39, 0.29) is 22.1 Å². The van der Waals surface area contributed by atoms with Crippen LogP contribution in [0.4, 0.5) is 5.69 Å². The van der Waals surface area contributed by atoms with Crippen LogP contribution in [0.1, 0.15) is 6.92 Å². The fourth-order valence-electron chi connectivity index (χ4n) is 1.62. The summed E-state index contributed by atoms with van der Waals surface area (Å²) in [7, 11) is -0.138. The van der Waals surface area contributed by atoms with E-state index in [0.29, 0.717) is 0 Å². The number of hydrogen-bond donors (Lipinski definition) is 2. The summed E-state index contributed by atoms with van der Waals surface area (Å²) >= 11 is 0. The summed E-state index contributed by atoms with van der Waals surface area (Å²) in [5.74, 6) is -0.378. The van der Waals surface area contributed by atoms with E-state index in [9.17, 15) is 13.2 Å². The molecule has 0 bridgehead atoms. The molecule has 3 N–H and O–H groups in total. The van der Waals surface area contributed by atoms with Gasteiger partial charge in [0.2, 0.25) is 10.0 Å². The number of carbonyl (C=O) groups excluding carboxylic acids is 1. The molecule has 0 saturated heterocycles. The minimum atomic E-state index is -4.02. The van der Waals surface area contributed by atoms with Crippen LogP contribution < -0.4 is 19.9 Å². The van der Waals surface area contributed by atoms with Gasteiger partial charge in [0.25, 0.3) is 0 Å². The van der Waals surface area contributed by atoms with Gasteiger partial charge < -0.3 is 19.9 Å². The van der Waals surface area contributed by atoms with Crippen LogP contribution in [-0.4, -0.2) is 41.8 Å². The number of carbonyl (C=O) groups is 1. The fraction of sp³-hybridized carbons (Fsp3) is 0.417. The van der Waals surface area contributed by atoms with Gasteiger partial charge in [-0.2, -0.15) is 4.72 Å². The van der Waals surface area contributed by atoms with Gasteiger partial charge >= 0.3 is 5.97 Å². The summed E-state index contributed by atoms with van der Waals surface area (Å²) < 4.78 is 41.3. The van der Waals surface area contributed by atoms with E-state index in [2.05, 4.69) is 9.46 Å². The van der Waals surface area contributed by atoms with Gasteiger partial charge in [-0.25, -0.2) is 8.42 Å². The largest absolute Gasteiger partial charge is 0.495 e. The molecule has 8 nitrogen and oxygen atoms in total. The van der Waals surface area contributed by atoms with Crippen molar-refractivity contribution in [2.75, 3.05) is 27.1 Å². The second-order valence-electron chi connectivity index (χ2n) is 4.11. The Labute approximate surface area is 123 Å².